The summed E-state index contributed by atoms with van der Waals surface area (Å²) < 4.78 is 0. The molecular formula is C27H23Cl2N3O3. The Morgan fingerprint density at radius 2 is 1.49 bits per heavy atom. The van der Waals surface area contributed by atoms with Crippen LogP contribution in [0.4, 0.5) is 5.69 Å². The molecule has 3 amide bonds. The summed E-state index contributed by atoms with van der Waals surface area (Å²) >= 11 is 12.1. The molecule has 0 aromatic heterocycles. The molecule has 3 aromatic carbocycles. The van der Waals surface area contributed by atoms with E-state index in [4.69, 9.17) is 23.2 Å². The van der Waals surface area contributed by atoms with E-state index in [1.165, 1.54) is 0 Å². The third-order valence-electron chi connectivity index (χ3n) is 5.82. The smallest absolute Gasteiger partial charge is 0.278 e. The van der Waals surface area contributed by atoms with Gasteiger partial charge in [0.1, 0.15) is 10.7 Å². The molecule has 0 spiro atoms. The van der Waals surface area contributed by atoms with Gasteiger partial charge in [-0.25, -0.2) is 0 Å². The summed E-state index contributed by atoms with van der Waals surface area (Å²) in [6, 6.07) is 19.6. The highest BCUT2D eigenvalue weighted by atomic mass is 35.5. The Morgan fingerprint density at radius 3 is 2.14 bits per heavy atom. The molecule has 1 heterocycles. The fourth-order valence-electron chi connectivity index (χ4n) is 3.60. The Kier molecular flexibility index (Phi) is 7.24. The minimum Gasteiger partial charge on any atom is -0.375 e. The van der Waals surface area contributed by atoms with Crippen molar-refractivity contribution in [3.05, 3.63) is 110 Å². The van der Waals surface area contributed by atoms with E-state index in [-0.39, 0.29) is 29.7 Å². The van der Waals surface area contributed by atoms with Gasteiger partial charge in [0.15, 0.2) is 0 Å². The zero-order valence-corrected chi connectivity index (χ0v) is 20.7. The maximum Gasteiger partial charge on any atom is 0.278 e. The van der Waals surface area contributed by atoms with Crippen LogP contribution in [-0.4, -0.2) is 22.6 Å². The summed E-state index contributed by atoms with van der Waals surface area (Å²) in [5, 5.41) is 6.28. The van der Waals surface area contributed by atoms with Crippen LogP contribution in [0, 0.1) is 13.8 Å². The monoisotopic (exact) mass is 507 g/mol. The van der Waals surface area contributed by atoms with Gasteiger partial charge in [-0.3, -0.25) is 19.3 Å². The highest BCUT2D eigenvalue weighted by Crippen LogP contribution is 2.25. The van der Waals surface area contributed by atoms with Crippen LogP contribution in [0.3, 0.4) is 0 Å². The maximum absolute atomic E-state index is 12.8. The lowest BCUT2D eigenvalue weighted by atomic mass is 10.1. The molecule has 0 fully saturated rings. The summed E-state index contributed by atoms with van der Waals surface area (Å²) in [7, 11) is 0. The fraction of sp³-hybridized carbons (Fsp3) is 0.148. The van der Waals surface area contributed by atoms with Gasteiger partial charge in [-0.2, -0.15) is 0 Å². The molecule has 1 aliphatic heterocycles. The Morgan fingerprint density at radius 1 is 0.829 bits per heavy atom. The summed E-state index contributed by atoms with van der Waals surface area (Å²) in [4.78, 5) is 39.0. The summed E-state index contributed by atoms with van der Waals surface area (Å²) in [6.45, 7) is 4.37. The minimum absolute atomic E-state index is 0.0576. The van der Waals surface area contributed by atoms with Crippen molar-refractivity contribution in [2.75, 3.05) is 5.32 Å². The van der Waals surface area contributed by atoms with Gasteiger partial charge in [0.05, 0.1) is 6.54 Å². The van der Waals surface area contributed by atoms with Crippen molar-refractivity contribution in [3.8, 4) is 0 Å². The zero-order valence-electron chi connectivity index (χ0n) is 19.2. The van der Waals surface area contributed by atoms with Crippen molar-refractivity contribution in [2.24, 2.45) is 0 Å². The Bertz CT molecular complexity index is 1330. The molecule has 1 aliphatic rings. The van der Waals surface area contributed by atoms with Crippen LogP contribution >= 0.6 is 23.2 Å². The largest absolute Gasteiger partial charge is 0.375 e. The molecule has 6 nitrogen and oxygen atoms in total. The average Bonchev–Trinajstić information content (AvgIpc) is 3.04. The summed E-state index contributed by atoms with van der Waals surface area (Å²) in [5.74, 6) is -1.25. The zero-order chi connectivity index (χ0) is 25.1. The van der Waals surface area contributed by atoms with Gasteiger partial charge >= 0.3 is 0 Å². The lowest BCUT2D eigenvalue weighted by Gasteiger charge is -2.15. The predicted octanol–water partition coefficient (Wildman–Crippen LogP) is 5.32. The Labute approximate surface area is 213 Å². The first-order valence-electron chi connectivity index (χ1n) is 10.9. The molecule has 4 rings (SSSR count). The molecule has 0 bridgehead atoms. The molecule has 0 radical (unpaired) electrons. The number of aryl methyl sites for hydroxylation is 2. The molecule has 2 N–H and O–H groups in total. The number of imide groups is 1. The van der Waals surface area contributed by atoms with Crippen molar-refractivity contribution in [1.29, 1.82) is 0 Å². The van der Waals surface area contributed by atoms with Crippen LogP contribution < -0.4 is 10.6 Å². The van der Waals surface area contributed by atoms with E-state index < -0.39 is 11.8 Å². The molecule has 0 unspecified atom stereocenters. The molecule has 0 saturated heterocycles. The van der Waals surface area contributed by atoms with E-state index in [1.54, 1.807) is 48.5 Å². The molecular weight excluding hydrogens is 485 g/mol. The highest BCUT2D eigenvalue weighted by molar-refractivity contribution is 6.47. The van der Waals surface area contributed by atoms with Crippen molar-refractivity contribution in [1.82, 2.24) is 10.2 Å². The number of halogens is 2. The second kappa shape index (κ2) is 10.3. The van der Waals surface area contributed by atoms with Crippen LogP contribution in [0.1, 0.15) is 32.6 Å². The van der Waals surface area contributed by atoms with Gasteiger partial charge in [0.25, 0.3) is 17.7 Å². The van der Waals surface area contributed by atoms with Gasteiger partial charge in [0.2, 0.25) is 0 Å². The van der Waals surface area contributed by atoms with Gasteiger partial charge in [-0.15, -0.1) is 0 Å². The van der Waals surface area contributed by atoms with Crippen LogP contribution in [-0.2, 0) is 22.7 Å². The number of nitrogens with one attached hydrogen (secondary N) is 2. The third-order valence-corrected chi connectivity index (χ3v) is 6.42. The predicted molar refractivity (Wildman–Crippen MR) is 137 cm³/mol. The highest BCUT2D eigenvalue weighted by Gasteiger charge is 2.37. The van der Waals surface area contributed by atoms with E-state index in [0.717, 1.165) is 32.8 Å². The van der Waals surface area contributed by atoms with Gasteiger partial charge in [-0.1, -0.05) is 53.5 Å². The van der Waals surface area contributed by atoms with Gasteiger partial charge in [0, 0.05) is 22.8 Å². The topological polar surface area (TPSA) is 78.5 Å². The maximum atomic E-state index is 12.8. The molecule has 0 aliphatic carbocycles. The number of anilines is 1. The van der Waals surface area contributed by atoms with Crippen LogP contribution in [0.2, 0.25) is 5.02 Å². The quantitative estimate of drug-likeness (QED) is 0.424. The number of amides is 3. The van der Waals surface area contributed by atoms with Crippen molar-refractivity contribution in [2.45, 2.75) is 26.9 Å². The van der Waals surface area contributed by atoms with Gasteiger partial charge in [-0.05, 0) is 72.5 Å². The number of hydrogen-bond acceptors (Lipinski definition) is 4. The first kappa shape index (κ1) is 24.5. The van der Waals surface area contributed by atoms with Gasteiger partial charge < -0.3 is 10.6 Å². The Balaban J connectivity index is 1.37. The SMILES string of the molecule is Cc1ccc(NC(=O)c2ccc(CNC3=C(Cl)C(=O)N(Cc4ccc(Cl)cc4)C3=O)cc2)cc1C. The number of carbonyl (C=O) groups is 3. The molecule has 35 heavy (non-hydrogen) atoms. The van der Waals surface area contributed by atoms with E-state index >= 15 is 0 Å². The normalized spacial score (nSPS) is 13.4. The molecule has 8 heteroatoms. The third kappa shape index (κ3) is 5.56. The first-order chi connectivity index (χ1) is 16.7. The minimum atomic E-state index is -0.549. The number of benzene rings is 3. The van der Waals surface area contributed by atoms with E-state index in [9.17, 15) is 14.4 Å². The number of nitrogens with zero attached hydrogens (tertiary/aromatic N) is 1. The van der Waals surface area contributed by atoms with Crippen molar-refractivity contribution < 1.29 is 14.4 Å². The van der Waals surface area contributed by atoms with Crippen LogP contribution in [0.5, 0.6) is 0 Å². The molecule has 178 valence electrons. The molecule has 3 aromatic rings. The van der Waals surface area contributed by atoms with Crippen LogP contribution in [0.15, 0.2) is 77.5 Å². The Hall–Kier alpha value is -3.61. The summed E-state index contributed by atoms with van der Waals surface area (Å²) in [6.07, 6.45) is 0. The van der Waals surface area contributed by atoms with E-state index in [2.05, 4.69) is 10.6 Å². The van der Waals surface area contributed by atoms with E-state index in [0.29, 0.717) is 10.6 Å². The molecule has 0 saturated carbocycles. The number of carbonyl (C=O) groups excluding carboxylic acids is 3. The summed E-state index contributed by atoms with van der Waals surface area (Å²) in [5.41, 5.74) is 5.14. The number of rotatable bonds is 7. The van der Waals surface area contributed by atoms with Crippen molar-refractivity contribution >= 4 is 46.6 Å². The lowest BCUT2D eigenvalue weighted by molar-refractivity contribution is -0.138. The second-order valence-corrected chi connectivity index (χ2v) is 9.13. The average molecular weight is 508 g/mol. The lowest BCUT2D eigenvalue weighted by Crippen LogP contribution is -2.33. The van der Waals surface area contributed by atoms with E-state index in [1.807, 2.05) is 32.0 Å². The fourth-order valence-corrected chi connectivity index (χ4v) is 3.98. The first-order valence-corrected chi connectivity index (χ1v) is 11.7. The second-order valence-electron chi connectivity index (χ2n) is 8.32. The molecule has 0 atom stereocenters. The van der Waals surface area contributed by atoms with Crippen LogP contribution in [0.25, 0.3) is 0 Å². The standard InChI is InChI=1S/C27H23Cl2N3O3/c1-16-3-12-22(13-17(16)2)31-25(33)20-8-4-18(5-9-20)14-30-24-23(29)26(34)32(27(24)35)15-19-6-10-21(28)11-7-19/h3-13,30H,14-15H2,1-2H3,(H,31,33). The number of hydrogen-bond donors (Lipinski definition) is 2. The van der Waals surface area contributed by atoms with Crippen molar-refractivity contribution in [3.63, 3.8) is 0 Å².